The summed E-state index contributed by atoms with van der Waals surface area (Å²) in [5.74, 6) is 1.08. The van der Waals surface area contributed by atoms with Crippen molar-refractivity contribution < 1.29 is 9.53 Å². The minimum atomic E-state index is -0.503. The topological polar surface area (TPSA) is 45.1 Å². The number of carbonyl (C=O) groups is 1. The molecule has 0 aromatic heterocycles. The van der Waals surface area contributed by atoms with Crippen molar-refractivity contribution in [2.75, 3.05) is 13.1 Å². The highest BCUT2D eigenvalue weighted by atomic mass is 16.5. The van der Waals surface area contributed by atoms with E-state index in [2.05, 4.69) is 65.7 Å². The van der Waals surface area contributed by atoms with Crippen molar-refractivity contribution in [1.29, 1.82) is 0 Å². The lowest BCUT2D eigenvalue weighted by atomic mass is 9.90. The van der Waals surface area contributed by atoms with Crippen molar-refractivity contribution in [3.8, 4) is 5.75 Å². The first-order chi connectivity index (χ1) is 15.1. The Bertz CT molecular complexity index is 1200. The van der Waals surface area contributed by atoms with Crippen LogP contribution in [0.1, 0.15) is 43.4 Å². The fourth-order valence-corrected chi connectivity index (χ4v) is 5.37. The fourth-order valence-electron chi connectivity index (χ4n) is 5.37. The Labute approximate surface area is 181 Å². The Kier molecular flexibility index (Phi) is 4.07. The van der Waals surface area contributed by atoms with Crippen LogP contribution in [-0.4, -0.2) is 40.3 Å². The molecule has 1 atom stereocenters. The quantitative estimate of drug-likeness (QED) is 0.582. The van der Waals surface area contributed by atoms with Gasteiger partial charge in [-0.3, -0.25) is 4.79 Å². The summed E-state index contributed by atoms with van der Waals surface area (Å²) < 4.78 is 6.65. The van der Waals surface area contributed by atoms with Gasteiger partial charge in [0, 0.05) is 50.4 Å². The number of hydrazone groups is 1. The normalized spacial score (nSPS) is 21.5. The van der Waals surface area contributed by atoms with Gasteiger partial charge in [0.1, 0.15) is 5.75 Å². The van der Waals surface area contributed by atoms with Crippen LogP contribution in [0.5, 0.6) is 5.75 Å². The third-order valence-corrected chi connectivity index (χ3v) is 7.00. The maximum Gasteiger partial charge on any atom is 0.219 e. The summed E-state index contributed by atoms with van der Waals surface area (Å²) in [7, 11) is 0. The first-order valence-electron chi connectivity index (χ1n) is 11.0. The first-order valence-corrected chi connectivity index (χ1v) is 11.0. The second-order valence-corrected chi connectivity index (χ2v) is 8.73. The van der Waals surface area contributed by atoms with Gasteiger partial charge in [-0.1, -0.05) is 60.7 Å². The number of carbonyl (C=O) groups excluding carboxylic acids is 1. The molecule has 5 nitrogen and oxygen atoms in total. The molecule has 3 aliphatic rings. The maximum atomic E-state index is 11.9. The molecular formula is C26H25N3O2. The molecule has 1 saturated heterocycles. The number of likely N-dealkylation sites (tertiary alicyclic amines) is 1. The van der Waals surface area contributed by atoms with Crippen LogP contribution in [0.3, 0.4) is 0 Å². The van der Waals surface area contributed by atoms with Crippen molar-refractivity contribution in [3.63, 3.8) is 0 Å². The number of ether oxygens (including phenoxy) is 1. The summed E-state index contributed by atoms with van der Waals surface area (Å²) in [6.45, 7) is 3.03. The predicted molar refractivity (Wildman–Crippen MR) is 121 cm³/mol. The van der Waals surface area contributed by atoms with Crippen molar-refractivity contribution in [1.82, 2.24) is 9.91 Å². The number of benzene rings is 3. The Morgan fingerprint density at radius 3 is 2.58 bits per heavy atom. The van der Waals surface area contributed by atoms with Gasteiger partial charge in [-0.2, -0.15) is 5.10 Å². The first kappa shape index (κ1) is 18.4. The van der Waals surface area contributed by atoms with Gasteiger partial charge in [0.2, 0.25) is 11.6 Å². The lowest BCUT2D eigenvalue weighted by Gasteiger charge is -2.51. The summed E-state index contributed by atoms with van der Waals surface area (Å²) in [6.07, 6.45) is 2.36. The van der Waals surface area contributed by atoms with Gasteiger partial charge in [0.25, 0.3) is 0 Å². The van der Waals surface area contributed by atoms with Crippen LogP contribution >= 0.6 is 0 Å². The Morgan fingerprint density at radius 2 is 1.74 bits per heavy atom. The molecule has 0 saturated carbocycles. The van der Waals surface area contributed by atoms with Gasteiger partial charge in [-0.05, 0) is 16.8 Å². The molecule has 0 N–H and O–H groups in total. The lowest BCUT2D eigenvalue weighted by Crippen LogP contribution is -2.59. The smallest absolute Gasteiger partial charge is 0.219 e. The summed E-state index contributed by atoms with van der Waals surface area (Å²) in [5.41, 5.74) is 3.00. The Balaban J connectivity index is 1.44. The largest absolute Gasteiger partial charge is 0.466 e. The molecule has 1 amide bonds. The van der Waals surface area contributed by atoms with E-state index in [0.717, 1.165) is 30.7 Å². The molecule has 0 bridgehead atoms. The number of hydrogen-bond acceptors (Lipinski definition) is 4. The molecule has 1 spiro atoms. The molecule has 5 heteroatoms. The van der Waals surface area contributed by atoms with Crippen LogP contribution in [0.25, 0.3) is 10.8 Å². The highest BCUT2D eigenvalue weighted by molar-refractivity contribution is 6.11. The summed E-state index contributed by atoms with van der Waals surface area (Å²) in [4.78, 5) is 13.8. The molecule has 1 unspecified atom stereocenters. The molecular weight excluding hydrogens is 386 g/mol. The second-order valence-electron chi connectivity index (χ2n) is 8.73. The van der Waals surface area contributed by atoms with Crippen LogP contribution in [-0.2, 0) is 4.79 Å². The SMILES string of the molecule is CC(=O)N1CCC2(CC1)Oc1ccccc1C1CC(c3cccc4ccccc34)=NN12. The maximum absolute atomic E-state index is 11.9. The summed E-state index contributed by atoms with van der Waals surface area (Å²) in [5, 5.41) is 9.87. The van der Waals surface area contributed by atoms with E-state index >= 15 is 0 Å². The number of para-hydroxylation sites is 1. The molecule has 3 aromatic rings. The molecule has 3 aliphatic heterocycles. The average Bonchev–Trinajstić information content (AvgIpc) is 3.26. The van der Waals surface area contributed by atoms with Gasteiger partial charge in [-0.15, -0.1) is 0 Å². The van der Waals surface area contributed by atoms with Gasteiger partial charge < -0.3 is 9.64 Å². The van der Waals surface area contributed by atoms with Gasteiger partial charge in [0.05, 0.1) is 11.8 Å². The highest BCUT2D eigenvalue weighted by Crippen LogP contribution is 2.50. The zero-order valence-corrected chi connectivity index (χ0v) is 17.6. The van der Waals surface area contributed by atoms with Crippen molar-refractivity contribution >= 4 is 22.4 Å². The van der Waals surface area contributed by atoms with Crippen molar-refractivity contribution in [2.45, 2.75) is 38.0 Å². The van der Waals surface area contributed by atoms with E-state index in [1.54, 1.807) is 6.92 Å². The van der Waals surface area contributed by atoms with Gasteiger partial charge in [0.15, 0.2) is 0 Å². The van der Waals surface area contributed by atoms with E-state index in [1.807, 2.05) is 11.0 Å². The zero-order valence-electron chi connectivity index (χ0n) is 17.6. The molecule has 0 aliphatic carbocycles. The van der Waals surface area contributed by atoms with Crippen LogP contribution in [0.15, 0.2) is 71.8 Å². The standard InChI is InChI=1S/C26H25N3O2/c1-18(30)28-15-13-26(14-16-28)29-24(22-10-4-5-12-25(22)31-26)17-23(27-29)21-11-6-8-19-7-2-3-9-20(19)21/h2-12,24H,13-17H2,1H3. The fraction of sp³-hybridized carbons (Fsp3) is 0.308. The minimum absolute atomic E-state index is 0.129. The van der Waals surface area contributed by atoms with E-state index in [-0.39, 0.29) is 11.9 Å². The van der Waals surface area contributed by atoms with E-state index in [1.165, 1.54) is 21.9 Å². The monoisotopic (exact) mass is 411 g/mol. The third-order valence-electron chi connectivity index (χ3n) is 7.00. The number of nitrogens with zero attached hydrogens (tertiary/aromatic N) is 3. The van der Waals surface area contributed by atoms with Crippen LogP contribution < -0.4 is 4.74 Å². The van der Waals surface area contributed by atoms with Gasteiger partial charge >= 0.3 is 0 Å². The number of rotatable bonds is 1. The third kappa shape index (κ3) is 2.83. The summed E-state index contributed by atoms with van der Waals surface area (Å²) in [6, 6.07) is 23.4. The minimum Gasteiger partial charge on any atom is -0.466 e. The second kappa shape index (κ2) is 6.84. The Hall–Kier alpha value is -3.34. The number of hydrogen-bond donors (Lipinski definition) is 0. The predicted octanol–water partition coefficient (Wildman–Crippen LogP) is 4.72. The van der Waals surface area contributed by atoms with Crippen LogP contribution in [0.4, 0.5) is 0 Å². The van der Waals surface area contributed by atoms with E-state index in [9.17, 15) is 4.79 Å². The molecule has 156 valence electrons. The number of amides is 1. The van der Waals surface area contributed by atoms with Gasteiger partial charge in [-0.25, -0.2) is 5.01 Å². The molecule has 3 heterocycles. The Morgan fingerprint density at radius 1 is 1.00 bits per heavy atom. The van der Waals surface area contributed by atoms with Crippen molar-refractivity contribution in [3.05, 3.63) is 77.9 Å². The molecule has 31 heavy (non-hydrogen) atoms. The van der Waals surface area contributed by atoms with E-state index in [4.69, 9.17) is 9.84 Å². The average molecular weight is 412 g/mol. The van der Waals surface area contributed by atoms with Crippen molar-refractivity contribution in [2.24, 2.45) is 5.10 Å². The zero-order chi connectivity index (χ0) is 21.0. The molecule has 0 radical (unpaired) electrons. The van der Waals surface area contributed by atoms with E-state index < -0.39 is 5.72 Å². The molecule has 6 rings (SSSR count). The molecule has 3 aromatic carbocycles. The number of piperidine rings is 1. The lowest BCUT2D eigenvalue weighted by molar-refractivity contribution is -0.158. The summed E-state index contributed by atoms with van der Waals surface area (Å²) >= 11 is 0. The number of fused-ring (bicyclic) bond motifs is 5. The highest BCUT2D eigenvalue weighted by Gasteiger charge is 2.52. The molecule has 1 fully saturated rings. The van der Waals surface area contributed by atoms with Crippen LogP contribution in [0, 0.1) is 0 Å². The van der Waals surface area contributed by atoms with Crippen LogP contribution in [0.2, 0.25) is 0 Å². The van der Waals surface area contributed by atoms with E-state index in [0.29, 0.717) is 13.1 Å².